The van der Waals surface area contributed by atoms with Gasteiger partial charge in [-0.15, -0.1) is 11.3 Å². The van der Waals surface area contributed by atoms with Gasteiger partial charge in [0.2, 0.25) is 5.13 Å². The van der Waals surface area contributed by atoms with Gasteiger partial charge in [0.15, 0.2) is 0 Å². The lowest BCUT2D eigenvalue weighted by atomic mass is 10.0. The monoisotopic (exact) mass is 341 g/mol. The number of thiazole rings is 1. The minimum atomic E-state index is -0.292. The highest BCUT2D eigenvalue weighted by molar-refractivity contribution is 7.13. The van der Waals surface area contributed by atoms with Crippen molar-refractivity contribution in [3.63, 3.8) is 0 Å². The molecule has 0 amide bonds. The van der Waals surface area contributed by atoms with Gasteiger partial charge in [-0.1, -0.05) is 24.3 Å². The molecule has 2 aromatic carbocycles. The minimum absolute atomic E-state index is 0.292. The highest BCUT2D eigenvalue weighted by atomic mass is 32.1. The van der Waals surface area contributed by atoms with Gasteiger partial charge < -0.3 is 4.74 Å². The maximum absolute atomic E-state index is 13.5. The Bertz CT molecular complexity index is 859. The number of benzene rings is 2. The molecule has 1 heterocycles. The fraction of sp³-hybridized carbons (Fsp3) is 0.111. The predicted octanol–water partition coefficient (Wildman–Crippen LogP) is 4.71. The quantitative estimate of drug-likeness (QED) is 0.540. The summed E-state index contributed by atoms with van der Waals surface area (Å²) in [6, 6.07) is 12.1. The smallest absolute Gasteiger partial charge is 0.203 e. The number of ether oxygens (including phenoxy) is 1. The van der Waals surface area contributed by atoms with Crippen LogP contribution in [0.5, 0.6) is 5.75 Å². The summed E-state index contributed by atoms with van der Waals surface area (Å²) in [5, 5.41) is 6.88. The first-order valence-electron chi connectivity index (χ1n) is 7.31. The summed E-state index contributed by atoms with van der Waals surface area (Å²) in [6.45, 7) is 1.94. The number of nitrogens with zero attached hydrogens (tertiary/aromatic N) is 2. The highest BCUT2D eigenvalue weighted by Gasteiger charge is 2.07. The van der Waals surface area contributed by atoms with E-state index in [1.165, 1.54) is 23.5 Å². The summed E-state index contributed by atoms with van der Waals surface area (Å²) >= 11 is 1.50. The van der Waals surface area contributed by atoms with E-state index in [0.29, 0.717) is 5.75 Å². The van der Waals surface area contributed by atoms with Crippen molar-refractivity contribution in [1.29, 1.82) is 0 Å². The number of hydrogen-bond donors (Lipinski definition) is 1. The summed E-state index contributed by atoms with van der Waals surface area (Å²) < 4.78 is 18.8. The van der Waals surface area contributed by atoms with Gasteiger partial charge in [0, 0.05) is 10.9 Å². The van der Waals surface area contributed by atoms with E-state index in [9.17, 15) is 4.39 Å². The topological polar surface area (TPSA) is 46.5 Å². The Morgan fingerprint density at radius 1 is 1.21 bits per heavy atom. The maximum Gasteiger partial charge on any atom is 0.203 e. The molecule has 0 radical (unpaired) electrons. The van der Waals surface area contributed by atoms with Gasteiger partial charge in [0.25, 0.3) is 0 Å². The third-order valence-corrected chi connectivity index (χ3v) is 4.24. The molecule has 0 aliphatic carbocycles. The molecule has 0 aliphatic heterocycles. The van der Waals surface area contributed by atoms with Crippen LogP contribution in [0.15, 0.2) is 52.9 Å². The molecule has 6 heteroatoms. The fourth-order valence-corrected chi connectivity index (χ4v) is 2.86. The standard InChI is InChI=1S/C18H16FN3OS/c1-12-11-24-18(21-12)22-20-10-13-3-5-14(6-4-13)16-9-15(19)7-8-17(16)23-2/h3-11H,1-2H3,(H,21,22). The first kappa shape index (κ1) is 16.1. The lowest BCUT2D eigenvalue weighted by Gasteiger charge is -2.09. The molecular weight excluding hydrogens is 325 g/mol. The molecule has 24 heavy (non-hydrogen) atoms. The molecule has 4 nitrogen and oxygen atoms in total. The Hall–Kier alpha value is -2.73. The van der Waals surface area contributed by atoms with E-state index < -0.39 is 0 Å². The largest absolute Gasteiger partial charge is 0.496 e. The van der Waals surface area contributed by atoms with E-state index in [-0.39, 0.29) is 5.82 Å². The SMILES string of the molecule is COc1ccc(F)cc1-c1ccc(C=NNc2nc(C)cs2)cc1. The second kappa shape index (κ2) is 7.23. The Kier molecular flexibility index (Phi) is 4.86. The highest BCUT2D eigenvalue weighted by Crippen LogP contribution is 2.30. The van der Waals surface area contributed by atoms with Crippen molar-refractivity contribution >= 4 is 22.7 Å². The van der Waals surface area contributed by atoms with Gasteiger partial charge in [-0.2, -0.15) is 5.10 Å². The zero-order chi connectivity index (χ0) is 16.9. The number of nitrogens with one attached hydrogen (secondary N) is 1. The average molecular weight is 341 g/mol. The van der Waals surface area contributed by atoms with Gasteiger partial charge in [0.1, 0.15) is 11.6 Å². The molecule has 3 aromatic rings. The van der Waals surface area contributed by atoms with Crippen LogP contribution in [-0.2, 0) is 0 Å². The number of methoxy groups -OCH3 is 1. The van der Waals surface area contributed by atoms with Crippen LogP contribution in [0.4, 0.5) is 9.52 Å². The third-order valence-electron chi connectivity index (χ3n) is 3.38. The van der Waals surface area contributed by atoms with Gasteiger partial charge in [-0.05, 0) is 36.2 Å². The molecule has 0 spiro atoms. The van der Waals surface area contributed by atoms with Crippen molar-refractivity contribution in [2.45, 2.75) is 6.92 Å². The summed E-state index contributed by atoms with van der Waals surface area (Å²) in [4.78, 5) is 4.27. The number of hydrazone groups is 1. The zero-order valence-corrected chi connectivity index (χ0v) is 14.1. The summed E-state index contributed by atoms with van der Waals surface area (Å²) in [7, 11) is 1.57. The molecule has 0 saturated carbocycles. The van der Waals surface area contributed by atoms with Gasteiger partial charge in [-0.3, -0.25) is 5.43 Å². The van der Waals surface area contributed by atoms with Gasteiger partial charge in [0.05, 0.1) is 19.0 Å². The third kappa shape index (κ3) is 3.78. The fourth-order valence-electron chi connectivity index (χ4n) is 2.22. The summed E-state index contributed by atoms with van der Waals surface area (Å²) in [5.74, 6) is 0.345. The van der Waals surface area contributed by atoms with Crippen LogP contribution in [0.2, 0.25) is 0 Å². The van der Waals surface area contributed by atoms with E-state index in [4.69, 9.17) is 4.74 Å². The Labute approximate surface area is 143 Å². The van der Waals surface area contributed by atoms with Crippen molar-refractivity contribution in [3.8, 4) is 16.9 Å². The van der Waals surface area contributed by atoms with Crippen molar-refractivity contribution in [2.24, 2.45) is 5.10 Å². The lowest BCUT2D eigenvalue weighted by Crippen LogP contribution is -1.91. The first-order chi connectivity index (χ1) is 11.7. The predicted molar refractivity (Wildman–Crippen MR) is 96.5 cm³/mol. The number of rotatable bonds is 5. The van der Waals surface area contributed by atoms with E-state index in [1.807, 2.05) is 36.6 Å². The molecule has 0 saturated heterocycles. The van der Waals surface area contributed by atoms with Crippen LogP contribution >= 0.6 is 11.3 Å². The van der Waals surface area contributed by atoms with Gasteiger partial charge in [-0.25, -0.2) is 9.37 Å². The van der Waals surface area contributed by atoms with Crippen molar-refractivity contribution in [2.75, 3.05) is 12.5 Å². The van der Waals surface area contributed by atoms with Crippen molar-refractivity contribution in [1.82, 2.24) is 4.98 Å². The lowest BCUT2D eigenvalue weighted by molar-refractivity contribution is 0.415. The minimum Gasteiger partial charge on any atom is -0.496 e. The zero-order valence-electron chi connectivity index (χ0n) is 13.3. The average Bonchev–Trinajstić information content (AvgIpc) is 3.01. The molecule has 1 aromatic heterocycles. The van der Waals surface area contributed by atoms with Crippen molar-refractivity contribution < 1.29 is 9.13 Å². The van der Waals surface area contributed by atoms with E-state index in [1.54, 1.807) is 19.4 Å². The molecule has 0 bridgehead atoms. The number of aromatic nitrogens is 1. The number of halogens is 1. The van der Waals surface area contributed by atoms with Crippen LogP contribution in [0.25, 0.3) is 11.1 Å². The second-order valence-electron chi connectivity index (χ2n) is 5.13. The summed E-state index contributed by atoms with van der Waals surface area (Å²) in [5.41, 5.74) is 6.38. The maximum atomic E-state index is 13.5. The van der Waals surface area contributed by atoms with Gasteiger partial charge >= 0.3 is 0 Å². The Morgan fingerprint density at radius 2 is 2.00 bits per heavy atom. The normalized spacial score (nSPS) is 11.0. The number of anilines is 1. The first-order valence-corrected chi connectivity index (χ1v) is 8.19. The van der Waals surface area contributed by atoms with Crippen LogP contribution < -0.4 is 10.2 Å². The van der Waals surface area contributed by atoms with E-state index >= 15 is 0 Å². The van der Waals surface area contributed by atoms with Crippen LogP contribution in [0, 0.1) is 12.7 Å². The molecular formula is C18H16FN3OS. The Balaban J connectivity index is 1.75. The summed E-state index contributed by atoms with van der Waals surface area (Å²) in [6.07, 6.45) is 1.71. The molecule has 0 atom stereocenters. The molecule has 122 valence electrons. The number of aryl methyl sites for hydroxylation is 1. The van der Waals surface area contributed by atoms with Crippen LogP contribution in [0.3, 0.4) is 0 Å². The second-order valence-corrected chi connectivity index (χ2v) is 5.99. The van der Waals surface area contributed by atoms with Crippen molar-refractivity contribution in [3.05, 3.63) is 64.9 Å². The number of hydrogen-bond acceptors (Lipinski definition) is 5. The Morgan fingerprint density at radius 3 is 2.67 bits per heavy atom. The molecule has 0 aliphatic rings. The molecule has 0 fully saturated rings. The van der Waals surface area contributed by atoms with Crippen LogP contribution in [-0.4, -0.2) is 18.3 Å². The molecule has 3 rings (SSSR count). The molecule has 1 N–H and O–H groups in total. The van der Waals surface area contributed by atoms with Crippen LogP contribution in [0.1, 0.15) is 11.3 Å². The molecule has 0 unspecified atom stereocenters. The van der Waals surface area contributed by atoms with E-state index in [2.05, 4.69) is 15.5 Å². The van der Waals surface area contributed by atoms with E-state index in [0.717, 1.165) is 27.5 Å².